The number of nitrogens with zero attached hydrogens (tertiary/aromatic N) is 4. The molecule has 2 N–H and O–H groups in total. The molecule has 1 fully saturated rings. The summed E-state index contributed by atoms with van der Waals surface area (Å²) in [5.41, 5.74) is 1.45. The second kappa shape index (κ2) is 4.87. The number of H-pyrrole nitrogens is 1. The number of rotatable bonds is 3. The third kappa shape index (κ3) is 2.14. The van der Waals surface area contributed by atoms with Crippen LogP contribution in [0.4, 0.5) is 5.95 Å². The van der Waals surface area contributed by atoms with Gasteiger partial charge in [-0.2, -0.15) is 4.98 Å². The van der Waals surface area contributed by atoms with Crippen LogP contribution in [0.5, 0.6) is 0 Å². The fraction of sp³-hybridized carbons (Fsp3) is 0.545. The summed E-state index contributed by atoms with van der Waals surface area (Å²) in [4.78, 5) is 18.3. The van der Waals surface area contributed by atoms with E-state index < -0.39 is 0 Å². The lowest BCUT2D eigenvalue weighted by atomic mass is 10.4. The average Bonchev–Trinajstić information content (AvgIpc) is 2.81. The molecule has 2 aromatic rings. The van der Waals surface area contributed by atoms with Crippen LogP contribution < -0.4 is 4.90 Å². The Morgan fingerprint density at radius 3 is 2.94 bits per heavy atom. The summed E-state index contributed by atoms with van der Waals surface area (Å²) in [6.45, 7) is 3.10. The molecule has 7 nitrogen and oxygen atoms in total. The summed E-state index contributed by atoms with van der Waals surface area (Å²) in [6, 6.07) is 0. The molecule has 1 aliphatic rings. The molecule has 0 unspecified atom stereocenters. The van der Waals surface area contributed by atoms with Crippen molar-refractivity contribution in [2.45, 2.75) is 6.42 Å². The Labute approximate surface area is 104 Å². The van der Waals surface area contributed by atoms with Crippen LogP contribution >= 0.6 is 0 Å². The fourth-order valence-electron chi connectivity index (χ4n) is 1.99. The molecular weight excluding hydrogens is 234 g/mol. The molecule has 0 atom stereocenters. The van der Waals surface area contributed by atoms with Crippen molar-refractivity contribution in [2.75, 3.05) is 37.8 Å². The van der Waals surface area contributed by atoms with Crippen LogP contribution in [0.2, 0.25) is 0 Å². The largest absolute Gasteiger partial charge is 0.396 e. The first-order valence-corrected chi connectivity index (χ1v) is 6.02. The number of aliphatic hydroxyl groups excluding tert-OH is 1. The minimum absolute atomic E-state index is 0.0730. The van der Waals surface area contributed by atoms with Gasteiger partial charge in [0.25, 0.3) is 0 Å². The first-order valence-electron chi connectivity index (χ1n) is 6.02. The Morgan fingerprint density at radius 1 is 1.33 bits per heavy atom. The summed E-state index contributed by atoms with van der Waals surface area (Å²) >= 11 is 0. The van der Waals surface area contributed by atoms with Crippen LogP contribution in [-0.4, -0.2) is 58.0 Å². The van der Waals surface area contributed by atoms with E-state index in [2.05, 4.69) is 24.8 Å². The highest BCUT2D eigenvalue weighted by molar-refractivity contribution is 5.70. The maximum Gasteiger partial charge on any atom is 0.227 e. The van der Waals surface area contributed by atoms with Gasteiger partial charge in [-0.15, -0.1) is 0 Å². The second-order valence-corrected chi connectivity index (χ2v) is 4.16. The summed E-state index contributed by atoms with van der Waals surface area (Å²) < 4.78 is 5.30. The highest BCUT2D eigenvalue weighted by Gasteiger charge is 2.15. The lowest BCUT2D eigenvalue weighted by molar-refractivity contribution is 0.122. The molecule has 0 spiro atoms. The molecule has 1 saturated heterocycles. The third-order valence-electron chi connectivity index (χ3n) is 2.92. The van der Waals surface area contributed by atoms with Gasteiger partial charge in [0, 0.05) is 19.5 Å². The molecule has 3 rings (SSSR count). The van der Waals surface area contributed by atoms with Crippen molar-refractivity contribution < 1.29 is 9.84 Å². The number of ether oxygens (including phenoxy) is 1. The van der Waals surface area contributed by atoms with Crippen molar-refractivity contribution in [3.05, 3.63) is 12.0 Å². The van der Waals surface area contributed by atoms with Gasteiger partial charge in [-0.25, -0.2) is 9.97 Å². The van der Waals surface area contributed by atoms with E-state index in [1.807, 2.05) is 0 Å². The SMILES string of the molecule is OCCc1nc2nc(N3CCOCC3)ncc2[nH]1. The number of aromatic amines is 1. The molecule has 7 heteroatoms. The van der Waals surface area contributed by atoms with E-state index in [1.165, 1.54) is 0 Å². The topological polar surface area (TPSA) is 87.2 Å². The van der Waals surface area contributed by atoms with Crippen molar-refractivity contribution in [1.82, 2.24) is 19.9 Å². The van der Waals surface area contributed by atoms with Crippen LogP contribution in [0.3, 0.4) is 0 Å². The molecule has 0 amide bonds. The lowest BCUT2D eigenvalue weighted by Crippen LogP contribution is -2.37. The predicted octanol–water partition coefficient (Wildman–Crippen LogP) is -0.276. The van der Waals surface area contributed by atoms with Crippen LogP contribution in [-0.2, 0) is 11.2 Å². The van der Waals surface area contributed by atoms with Crippen LogP contribution in [0.15, 0.2) is 6.20 Å². The fourth-order valence-corrected chi connectivity index (χ4v) is 1.99. The monoisotopic (exact) mass is 249 g/mol. The standard InChI is InChI=1S/C11H15N5O2/c17-4-1-9-13-8-7-12-11(15-10(8)14-9)16-2-5-18-6-3-16/h7,17H,1-6H2,(H,12,13,14,15). The summed E-state index contributed by atoms with van der Waals surface area (Å²) in [5.74, 6) is 1.42. The Kier molecular flexibility index (Phi) is 3.07. The number of anilines is 1. The molecule has 0 radical (unpaired) electrons. The van der Waals surface area contributed by atoms with E-state index in [4.69, 9.17) is 9.84 Å². The van der Waals surface area contributed by atoms with Crippen molar-refractivity contribution in [3.8, 4) is 0 Å². The van der Waals surface area contributed by atoms with E-state index in [1.54, 1.807) is 6.20 Å². The van der Waals surface area contributed by atoms with E-state index in [-0.39, 0.29) is 6.61 Å². The predicted molar refractivity (Wildman–Crippen MR) is 65.5 cm³/mol. The summed E-state index contributed by atoms with van der Waals surface area (Å²) in [7, 11) is 0. The summed E-state index contributed by atoms with van der Waals surface area (Å²) in [5, 5.41) is 8.89. The van der Waals surface area contributed by atoms with Crippen molar-refractivity contribution in [1.29, 1.82) is 0 Å². The molecule has 0 bridgehead atoms. The van der Waals surface area contributed by atoms with E-state index >= 15 is 0 Å². The quantitative estimate of drug-likeness (QED) is 0.778. The van der Waals surface area contributed by atoms with Crippen LogP contribution in [0.25, 0.3) is 11.2 Å². The normalized spacial score (nSPS) is 16.4. The highest BCUT2D eigenvalue weighted by Crippen LogP contribution is 2.14. The minimum atomic E-state index is 0.0730. The minimum Gasteiger partial charge on any atom is -0.396 e. The maximum absolute atomic E-state index is 8.89. The maximum atomic E-state index is 8.89. The van der Waals surface area contributed by atoms with Gasteiger partial charge >= 0.3 is 0 Å². The lowest BCUT2D eigenvalue weighted by Gasteiger charge is -2.26. The molecule has 3 heterocycles. The van der Waals surface area contributed by atoms with Crippen LogP contribution in [0, 0.1) is 0 Å². The molecule has 96 valence electrons. The van der Waals surface area contributed by atoms with E-state index in [0.717, 1.165) is 24.4 Å². The van der Waals surface area contributed by atoms with Gasteiger partial charge in [-0.3, -0.25) is 0 Å². The molecule has 0 saturated carbocycles. The molecule has 1 aliphatic heterocycles. The molecular formula is C11H15N5O2. The Balaban J connectivity index is 1.89. The number of hydrogen-bond donors (Lipinski definition) is 2. The van der Waals surface area contributed by atoms with Gasteiger partial charge in [0.1, 0.15) is 11.3 Å². The number of aromatic nitrogens is 4. The molecule has 2 aromatic heterocycles. The number of aliphatic hydroxyl groups is 1. The van der Waals surface area contributed by atoms with Gasteiger partial charge in [-0.05, 0) is 0 Å². The number of hydrogen-bond acceptors (Lipinski definition) is 6. The van der Waals surface area contributed by atoms with Crippen molar-refractivity contribution >= 4 is 17.1 Å². The summed E-state index contributed by atoms with van der Waals surface area (Å²) in [6.07, 6.45) is 2.24. The van der Waals surface area contributed by atoms with Gasteiger partial charge in [0.05, 0.1) is 26.0 Å². The van der Waals surface area contributed by atoms with Crippen molar-refractivity contribution in [3.63, 3.8) is 0 Å². The van der Waals surface area contributed by atoms with Crippen molar-refractivity contribution in [2.24, 2.45) is 0 Å². The molecule has 18 heavy (non-hydrogen) atoms. The third-order valence-corrected chi connectivity index (χ3v) is 2.92. The highest BCUT2D eigenvalue weighted by atomic mass is 16.5. The van der Waals surface area contributed by atoms with E-state index in [0.29, 0.717) is 31.2 Å². The zero-order valence-corrected chi connectivity index (χ0v) is 9.96. The zero-order valence-electron chi connectivity index (χ0n) is 9.96. The van der Waals surface area contributed by atoms with Gasteiger partial charge in [0.15, 0.2) is 5.65 Å². The first kappa shape index (κ1) is 11.4. The first-order chi connectivity index (χ1) is 8.86. The average molecular weight is 249 g/mol. The Bertz CT molecular complexity index is 535. The zero-order chi connectivity index (χ0) is 12.4. The Morgan fingerprint density at radius 2 is 2.17 bits per heavy atom. The van der Waals surface area contributed by atoms with Crippen LogP contribution in [0.1, 0.15) is 5.82 Å². The smallest absolute Gasteiger partial charge is 0.227 e. The number of morpholine rings is 1. The number of imidazole rings is 1. The molecule has 0 aliphatic carbocycles. The Hall–Kier alpha value is -1.73. The number of nitrogens with one attached hydrogen (secondary N) is 1. The number of fused-ring (bicyclic) bond motifs is 1. The van der Waals surface area contributed by atoms with Gasteiger partial charge in [0.2, 0.25) is 5.95 Å². The van der Waals surface area contributed by atoms with Gasteiger partial charge < -0.3 is 19.7 Å². The molecule has 0 aromatic carbocycles. The second-order valence-electron chi connectivity index (χ2n) is 4.16. The van der Waals surface area contributed by atoms with E-state index in [9.17, 15) is 0 Å². The van der Waals surface area contributed by atoms with Gasteiger partial charge in [-0.1, -0.05) is 0 Å².